The number of hydrogen-bond donors (Lipinski definition) is 1. The number of nitrogens with zero attached hydrogens (tertiary/aromatic N) is 1. The molecule has 1 heterocycles. The molecule has 4 nitrogen and oxygen atoms in total. The number of rotatable bonds is 3. The zero-order valence-electron chi connectivity index (χ0n) is 10.2. The quantitative estimate of drug-likeness (QED) is 0.860. The molecule has 1 aromatic rings. The van der Waals surface area contributed by atoms with Gasteiger partial charge in [0.2, 0.25) is 0 Å². The van der Waals surface area contributed by atoms with Gasteiger partial charge in [-0.15, -0.1) is 0 Å². The van der Waals surface area contributed by atoms with E-state index in [2.05, 4.69) is 0 Å². The zero-order chi connectivity index (χ0) is 12.4. The highest BCUT2D eigenvalue weighted by Gasteiger charge is 2.35. The summed E-state index contributed by atoms with van der Waals surface area (Å²) in [5.74, 6) is 0.916. The molecule has 1 atom stereocenters. The van der Waals surface area contributed by atoms with Crippen LogP contribution in [0.4, 0.5) is 5.69 Å². The largest absolute Gasteiger partial charge is 0.478 e. The number of nitrogens with two attached hydrogens (primary N) is 1. The standard InChI is InChI=1S/C13H18N2O2/c1-9(2)12-13(16)15(8-7-14)10-5-3-4-6-11(10)17-12/h3-6,9,12H,7-8,14H2,1-2H3. The number of carbonyl (C=O) groups excluding carboxylic acids is 1. The van der Waals surface area contributed by atoms with Crippen molar-refractivity contribution in [3.63, 3.8) is 0 Å². The van der Waals surface area contributed by atoms with Gasteiger partial charge in [-0.25, -0.2) is 0 Å². The van der Waals surface area contributed by atoms with Crippen molar-refractivity contribution >= 4 is 11.6 Å². The van der Waals surface area contributed by atoms with Gasteiger partial charge in [-0.2, -0.15) is 0 Å². The molecule has 92 valence electrons. The fraction of sp³-hybridized carbons (Fsp3) is 0.462. The normalized spacial score (nSPS) is 19.2. The predicted molar refractivity (Wildman–Crippen MR) is 67.1 cm³/mol. The van der Waals surface area contributed by atoms with Crippen molar-refractivity contribution in [3.8, 4) is 5.75 Å². The lowest BCUT2D eigenvalue weighted by molar-refractivity contribution is -0.128. The number of anilines is 1. The monoisotopic (exact) mass is 234 g/mol. The van der Waals surface area contributed by atoms with Gasteiger partial charge in [0, 0.05) is 13.1 Å². The van der Waals surface area contributed by atoms with E-state index in [1.165, 1.54) is 0 Å². The number of fused-ring (bicyclic) bond motifs is 1. The smallest absolute Gasteiger partial charge is 0.268 e. The van der Waals surface area contributed by atoms with Gasteiger partial charge < -0.3 is 15.4 Å². The van der Waals surface area contributed by atoms with Gasteiger partial charge in [-0.05, 0) is 18.1 Å². The van der Waals surface area contributed by atoms with Crippen molar-refractivity contribution in [3.05, 3.63) is 24.3 Å². The summed E-state index contributed by atoms with van der Waals surface area (Å²) < 4.78 is 5.75. The summed E-state index contributed by atoms with van der Waals surface area (Å²) in [6, 6.07) is 7.58. The molecule has 17 heavy (non-hydrogen) atoms. The Morgan fingerprint density at radius 2 is 2.12 bits per heavy atom. The molecule has 1 aromatic carbocycles. The minimum Gasteiger partial charge on any atom is -0.478 e. The predicted octanol–water partition coefficient (Wildman–Crippen LogP) is 1.40. The van der Waals surface area contributed by atoms with Crippen molar-refractivity contribution in [1.29, 1.82) is 0 Å². The molecule has 0 saturated carbocycles. The van der Waals surface area contributed by atoms with Gasteiger partial charge in [-0.1, -0.05) is 26.0 Å². The molecule has 1 aliphatic rings. The summed E-state index contributed by atoms with van der Waals surface area (Å²) in [7, 11) is 0. The van der Waals surface area contributed by atoms with E-state index in [0.717, 1.165) is 11.4 Å². The molecule has 0 spiro atoms. The van der Waals surface area contributed by atoms with E-state index in [-0.39, 0.29) is 11.8 Å². The van der Waals surface area contributed by atoms with Crippen LogP contribution in [0, 0.1) is 5.92 Å². The maximum atomic E-state index is 12.3. The Balaban J connectivity index is 2.39. The lowest BCUT2D eigenvalue weighted by Crippen LogP contribution is -2.49. The third-order valence-corrected chi connectivity index (χ3v) is 2.88. The van der Waals surface area contributed by atoms with Crippen LogP contribution in [0.3, 0.4) is 0 Å². The van der Waals surface area contributed by atoms with Gasteiger partial charge in [-0.3, -0.25) is 4.79 Å². The summed E-state index contributed by atoms with van der Waals surface area (Å²) in [4.78, 5) is 14.0. The Morgan fingerprint density at radius 1 is 1.41 bits per heavy atom. The number of hydrogen-bond acceptors (Lipinski definition) is 3. The Hall–Kier alpha value is -1.55. The van der Waals surface area contributed by atoms with Gasteiger partial charge in [0.1, 0.15) is 5.75 Å². The second-order valence-electron chi connectivity index (χ2n) is 4.53. The van der Waals surface area contributed by atoms with E-state index in [4.69, 9.17) is 10.5 Å². The Bertz CT molecular complexity index is 418. The third kappa shape index (κ3) is 2.13. The van der Waals surface area contributed by atoms with Crippen molar-refractivity contribution < 1.29 is 9.53 Å². The molecule has 0 aromatic heterocycles. The maximum absolute atomic E-state index is 12.3. The fourth-order valence-electron chi connectivity index (χ4n) is 2.02. The van der Waals surface area contributed by atoms with Crippen LogP contribution >= 0.6 is 0 Å². The van der Waals surface area contributed by atoms with Crippen molar-refractivity contribution in [2.75, 3.05) is 18.0 Å². The van der Waals surface area contributed by atoms with Gasteiger partial charge >= 0.3 is 0 Å². The first-order chi connectivity index (χ1) is 8.15. The van der Waals surface area contributed by atoms with Gasteiger partial charge in [0.15, 0.2) is 6.10 Å². The first-order valence-electron chi connectivity index (χ1n) is 5.92. The van der Waals surface area contributed by atoms with Crippen molar-refractivity contribution in [2.24, 2.45) is 11.7 Å². The second kappa shape index (κ2) is 4.75. The van der Waals surface area contributed by atoms with Crippen LogP contribution in [-0.2, 0) is 4.79 Å². The minimum atomic E-state index is -0.406. The second-order valence-corrected chi connectivity index (χ2v) is 4.53. The summed E-state index contributed by atoms with van der Waals surface area (Å²) >= 11 is 0. The average Bonchev–Trinajstić information content (AvgIpc) is 2.32. The molecule has 0 radical (unpaired) electrons. The fourth-order valence-corrected chi connectivity index (χ4v) is 2.02. The van der Waals surface area contributed by atoms with Crippen LogP contribution in [0.1, 0.15) is 13.8 Å². The first-order valence-corrected chi connectivity index (χ1v) is 5.92. The van der Waals surface area contributed by atoms with Crippen LogP contribution in [0.2, 0.25) is 0 Å². The summed E-state index contributed by atoms with van der Waals surface area (Å²) in [6.45, 7) is 4.95. The number of carbonyl (C=O) groups is 1. The SMILES string of the molecule is CC(C)C1Oc2ccccc2N(CCN)C1=O. The summed E-state index contributed by atoms with van der Waals surface area (Å²) in [5, 5.41) is 0. The molecule has 0 aliphatic carbocycles. The highest BCUT2D eigenvalue weighted by atomic mass is 16.5. The first kappa shape index (κ1) is 11.9. The molecule has 2 rings (SSSR count). The van der Waals surface area contributed by atoms with E-state index >= 15 is 0 Å². The molecular weight excluding hydrogens is 216 g/mol. The number of benzene rings is 1. The molecule has 2 N–H and O–H groups in total. The molecule has 0 fully saturated rings. The van der Waals surface area contributed by atoms with Crippen LogP contribution in [0.15, 0.2) is 24.3 Å². The van der Waals surface area contributed by atoms with Crippen LogP contribution in [-0.4, -0.2) is 25.1 Å². The maximum Gasteiger partial charge on any atom is 0.268 e. The molecule has 4 heteroatoms. The molecular formula is C13H18N2O2. The van der Waals surface area contributed by atoms with Crippen LogP contribution in [0.5, 0.6) is 5.75 Å². The third-order valence-electron chi connectivity index (χ3n) is 2.88. The lowest BCUT2D eigenvalue weighted by Gasteiger charge is -2.35. The van der Waals surface area contributed by atoms with Gasteiger partial charge in [0.25, 0.3) is 5.91 Å². The van der Waals surface area contributed by atoms with E-state index in [9.17, 15) is 4.79 Å². The molecule has 1 unspecified atom stereocenters. The van der Waals surface area contributed by atoms with Crippen LogP contribution < -0.4 is 15.4 Å². The van der Waals surface area contributed by atoms with Crippen molar-refractivity contribution in [1.82, 2.24) is 0 Å². The highest BCUT2D eigenvalue weighted by Crippen LogP contribution is 2.34. The highest BCUT2D eigenvalue weighted by molar-refractivity contribution is 6.00. The Kier molecular flexibility index (Phi) is 3.33. The van der Waals surface area contributed by atoms with E-state index in [1.54, 1.807) is 4.90 Å². The topological polar surface area (TPSA) is 55.6 Å². The van der Waals surface area contributed by atoms with Crippen LogP contribution in [0.25, 0.3) is 0 Å². The zero-order valence-corrected chi connectivity index (χ0v) is 10.2. The minimum absolute atomic E-state index is 0.00384. The Labute approximate surface area is 101 Å². The van der Waals surface area contributed by atoms with Crippen molar-refractivity contribution in [2.45, 2.75) is 20.0 Å². The summed E-state index contributed by atoms with van der Waals surface area (Å²) in [6.07, 6.45) is -0.406. The van der Waals surface area contributed by atoms with Gasteiger partial charge in [0.05, 0.1) is 5.69 Å². The molecule has 1 amide bonds. The Morgan fingerprint density at radius 3 is 2.76 bits per heavy atom. The number of para-hydroxylation sites is 2. The number of ether oxygens (including phenoxy) is 1. The molecule has 0 bridgehead atoms. The molecule has 1 aliphatic heterocycles. The van der Waals surface area contributed by atoms with E-state index in [0.29, 0.717) is 13.1 Å². The van der Waals surface area contributed by atoms with E-state index < -0.39 is 6.10 Å². The van der Waals surface area contributed by atoms with E-state index in [1.807, 2.05) is 38.1 Å². The molecule has 0 saturated heterocycles. The lowest BCUT2D eigenvalue weighted by atomic mass is 10.0. The number of amides is 1. The summed E-state index contributed by atoms with van der Waals surface area (Å²) in [5.41, 5.74) is 6.38. The average molecular weight is 234 g/mol.